The molecule has 4 aromatic rings. The predicted octanol–water partition coefficient (Wildman–Crippen LogP) is 4.82. The summed E-state index contributed by atoms with van der Waals surface area (Å²) in [6.45, 7) is 4.40. The molecule has 178 valence electrons. The van der Waals surface area contributed by atoms with Crippen molar-refractivity contribution in [3.63, 3.8) is 0 Å². The van der Waals surface area contributed by atoms with E-state index in [4.69, 9.17) is 9.47 Å². The number of benzene rings is 3. The molecule has 35 heavy (non-hydrogen) atoms. The van der Waals surface area contributed by atoms with Crippen LogP contribution in [0, 0.1) is 6.92 Å². The highest BCUT2D eigenvalue weighted by Crippen LogP contribution is 2.23. The molecule has 1 aromatic heterocycles. The normalized spacial score (nSPS) is 14.5. The van der Waals surface area contributed by atoms with Gasteiger partial charge in [0.1, 0.15) is 12.4 Å². The minimum Gasteiger partial charge on any atom is -0.491 e. The molecule has 0 aliphatic carbocycles. The van der Waals surface area contributed by atoms with E-state index in [-0.39, 0.29) is 5.91 Å². The third-order valence-electron chi connectivity index (χ3n) is 6.22. The molecule has 6 nitrogen and oxygen atoms in total. The number of hydrogen-bond donors (Lipinski definition) is 0. The summed E-state index contributed by atoms with van der Waals surface area (Å²) in [4.78, 5) is 15.5. The SMILES string of the molecule is Cc1ccc(C(=O)N2CCOCCOc3ccccc3Cc3cccc(c3)C2)cc1-n1cccn1. The number of aromatic nitrogens is 2. The molecule has 1 amide bonds. The molecule has 5 rings (SSSR count). The van der Waals surface area contributed by atoms with E-state index in [0.717, 1.165) is 34.5 Å². The number of nitrogens with zero attached hydrogens (tertiary/aromatic N) is 3. The van der Waals surface area contributed by atoms with Gasteiger partial charge in [0, 0.05) is 37.5 Å². The van der Waals surface area contributed by atoms with Crippen LogP contribution in [0.25, 0.3) is 5.69 Å². The zero-order valence-corrected chi connectivity index (χ0v) is 19.9. The first kappa shape index (κ1) is 22.9. The molecule has 0 atom stereocenters. The van der Waals surface area contributed by atoms with Gasteiger partial charge in [-0.1, -0.05) is 48.5 Å². The summed E-state index contributed by atoms with van der Waals surface area (Å²) in [6.07, 6.45) is 4.39. The maximum atomic E-state index is 13.6. The molecule has 0 saturated carbocycles. The smallest absolute Gasteiger partial charge is 0.254 e. The monoisotopic (exact) mass is 467 g/mol. The Morgan fingerprint density at radius 3 is 2.69 bits per heavy atom. The van der Waals surface area contributed by atoms with Crippen LogP contribution in [0.5, 0.6) is 5.75 Å². The number of aryl methyl sites for hydroxylation is 1. The molecule has 0 fully saturated rings. The van der Waals surface area contributed by atoms with Crippen molar-refractivity contribution in [2.45, 2.75) is 19.9 Å². The molecule has 2 heterocycles. The van der Waals surface area contributed by atoms with Crippen molar-refractivity contribution in [2.75, 3.05) is 26.4 Å². The van der Waals surface area contributed by atoms with E-state index >= 15 is 0 Å². The van der Waals surface area contributed by atoms with Crippen LogP contribution in [0.1, 0.15) is 32.6 Å². The lowest BCUT2D eigenvalue weighted by atomic mass is 10.0. The van der Waals surface area contributed by atoms with Gasteiger partial charge >= 0.3 is 0 Å². The molecule has 0 radical (unpaired) electrons. The Balaban J connectivity index is 1.43. The van der Waals surface area contributed by atoms with Gasteiger partial charge in [-0.25, -0.2) is 4.68 Å². The van der Waals surface area contributed by atoms with Crippen molar-refractivity contribution in [3.05, 3.63) is 113 Å². The van der Waals surface area contributed by atoms with Crippen LogP contribution in [0.3, 0.4) is 0 Å². The summed E-state index contributed by atoms with van der Waals surface area (Å²) in [6, 6.07) is 24.2. The lowest BCUT2D eigenvalue weighted by molar-refractivity contribution is 0.0571. The van der Waals surface area contributed by atoms with Crippen molar-refractivity contribution >= 4 is 5.91 Å². The number of amides is 1. The summed E-state index contributed by atoms with van der Waals surface area (Å²) < 4.78 is 13.6. The second-order valence-electron chi connectivity index (χ2n) is 8.74. The number of ether oxygens (including phenoxy) is 2. The van der Waals surface area contributed by atoms with Crippen molar-refractivity contribution in [1.82, 2.24) is 14.7 Å². The zero-order valence-electron chi connectivity index (χ0n) is 19.9. The van der Waals surface area contributed by atoms with E-state index in [1.54, 1.807) is 10.9 Å². The standard InChI is InChI=1S/C29H29N3O3/c1-22-10-11-26(20-27(22)32-13-5-12-30-32)29(33)31-14-15-34-16-17-35-28-9-3-2-8-25(28)19-23-6-4-7-24(18-23)21-31/h2-13,18,20H,14-17,19,21H2,1H3. The number of para-hydroxylation sites is 1. The molecule has 1 aliphatic heterocycles. The topological polar surface area (TPSA) is 56.6 Å². The van der Waals surface area contributed by atoms with Gasteiger partial charge in [0.2, 0.25) is 0 Å². The van der Waals surface area contributed by atoms with Crippen LogP contribution in [-0.4, -0.2) is 47.0 Å². The third-order valence-corrected chi connectivity index (χ3v) is 6.22. The highest BCUT2D eigenvalue weighted by Gasteiger charge is 2.18. The Labute approximate surface area is 205 Å². The summed E-state index contributed by atoms with van der Waals surface area (Å²) in [5, 5.41) is 4.34. The third kappa shape index (κ3) is 5.44. The van der Waals surface area contributed by atoms with Gasteiger partial charge in [0.05, 0.1) is 18.9 Å². The first-order valence-corrected chi connectivity index (χ1v) is 11.9. The predicted molar refractivity (Wildman–Crippen MR) is 135 cm³/mol. The van der Waals surface area contributed by atoms with Gasteiger partial charge in [0.15, 0.2) is 0 Å². The van der Waals surface area contributed by atoms with Crippen molar-refractivity contribution in [2.24, 2.45) is 0 Å². The summed E-state index contributed by atoms with van der Waals surface area (Å²) in [5.74, 6) is 0.865. The first-order valence-electron chi connectivity index (χ1n) is 11.9. The maximum absolute atomic E-state index is 13.6. The second kappa shape index (κ2) is 10.6. The Morgan fingerprint density at radius 1 is 0.914 bits per heavy atom. The molecule has 1 aliphatic rings. The lowest BCUT2D eigenvalue weighted by Gasteiger charge is -2.24. The van der Waals surface area contributed by atoms with E-state index in [9.17, 15) is 4.79 Å². The second-order valence-corrected chi connectivity index (χ2v) is 8.74. The van der Waals surface area contributed by atoms with E-state index < -0.39 is 0 Å². The molecule has 2 bridgehead atoms. The number of carbonyl (C=O) groups excluding carboxylic acids is 1. The summed E-state index contributed by atoms with van der Waals surface area (Å²) >= 11 is 0. The molecular formula is C29H29N3O3. The highest BCUT2D eigenvalue weighted by molar-refractivity contribution is 5.95. The van der Waals surface area contributed by atoms with Crippen LogP contribution in [0.2, 0.25) is 0 Å². The lowest BCUT2D eigenvalue weighted by Crippen LogP contribution is -2.34. The van der Waals surface area contributed by atoms with Crippen LogP contribution < -0.4 is 4.74 Å². The minimum absolute atomic E-state index is 0.0268. The number of hydrogen-bond acceptors (Lipinski definition) is 4. The van der Waals surface area contributed by atoms with Gasteiger partial charge in [-0.15, -0.1) is 0 Å². The van der Waals surface area contributed by atoms with Gasteiger partial charge < -0.3 is 14.4 Å². The number of fused-ring (bicyclic) bond motifs is 3. The summed E-state index contributed by atoms with van der Waals surface area (Å²) in [5.41, 5.74) is 6.01. The molecule has 0 saturated heterocycles. The molecule has 3 aromatic carbocycles. The van der Waals surface area contributed by atoms with Gasteiger partial charge in [-0.05, 0) is 53.4 Å². The number of carbonyl (C=O) groups is 1. The zero-order chi connectivity index (χ0) is 24.0. The van der Waals surface area contributed by atoms with Gasteiger partial charge in [-0.3, -0.25) is 4.79 Å². The highest BCUT2D eigenvalue weighted by atomic mass is 16.5. The largest absolute Gasteiger partial charge is 0.491 e. The fourth-order valence-electron chi connectivity index (χ4n) is 4.39. The maximum Gasteiger partial charge on any atom is 0.254 e. The van der Waals surface area contributed by atoms with Gasteiger partial charge in [0.25, 0.3) is 5.91 Å². The fraction of sp³-hybridized carbons (Fsp3) is 0.241. The van der Waals surface area contributed by atoms with Crippen molar-refractivity contribution < 1.29 is 14.3 Å². The van der Waals surface area contributed by atoms with Crippen LogP contribution in [0.4, 0.5) is 0 Å². The van der Waals surface area contributed by atoms with E-state index in [2.05, 4.69) is 35.4 Å². The van der Waals surface area contributed by atoms with E-state index in [0.29, 0.717) is 38.5 Å². The summed E-state index contributed by atoms with van der Waals surface area (Å²) in [7, 11) is 0. The molecule has 6 heteroatoms. The Bertz CT molecular complexity index is 1300. The fourth-order valence-corrected chi connectivity index (χ4v) is 4.39. The van der Waals surface area contributed by atoms with Crippen LogP contribution in [0.15, 0.2) is 85.2 Å². The van der Waals surface area contributed by atoms with Gasteiger partial charge in [-0.2, -0.15) is 5.10 Å². The molecule has 0 unspecified atom stereocenters. The Kier molecular flexibility index (Phi) is 6.91. The molecular weight excluding hydrogens is 438 g/mol. The van der Waals surface area contributed by atoms with Crippen molar-refractivity contribution in [1.29, 1.82) is 0 Å². The number of rotatable bonds is 2. The Hall–Kier alpha value is -3.90. The quantitative estimate of drug-likeness (QED) is 0.424. The average molecular weight is 468 g/mol. The van der Waals surface area contributed by atoms with Crippen molar-refractivity contribution in [3.8, 4) is 11.4 Å². The van der Waals surface area contributed by atoms with E-state index in [1.165, 1.54) is 5.56 Å². The Morgan fingerprint density at radius 2 is 1.80 bits per heavy atom. The minimum atomic E-state index is -0.0268. The van der Waals surface area contributed by atoms with E-state index in [1.807, 2.05) is 60.5 Å². The van der Waals surface area contributed by atoms with Crippen LogP contribution in [-0.2, 0) is 17.7 Å². The average Bonchev–Trinajstić information content (AvgIpc) is 3.41. The molecule has 0 N–H and O–H groups in total. The molecule has 0 spiro atoms. The first-order chi connectivity index (χ1) is 17.2. The van der Waals surface area contributed by atoms with Crippen LogP contribution >= 0.6 is 0 Å².